The summed E-state index contributed by atoms with van der Waals surface area (Å²) < 4.78 is 11.8. The Labute approximate surface area is 215 Å². The molecular weight excluding hydrogens is 478 g/mol. The van der Waals surface area contributed by atoms with Gasteiger partial charge in [0.2, 0.25) is 11.8 Å². The van der Waals surface area contributed by atoms with E-state index in [-0.39, 0.29) is 43.6 Å². The molecule has 2 aromatic carbocycles. The number of fused-ring (bicyclic) bond motifs is 4. The number of rotatable bonds is 9. The fourth-order valence-electron chi connectivity index (χ4n) is 6.67. The number of likely N-dealkylation sites (tertiary alicyclic amines) is 1. The molecule has 2 amide bonds. The van der Waals surface area contributed by atoms with Crippen LogP contribution in [0.15, 0.2) is 36.4 Å². The van der Waals surface area contributed by atoms with Gasteiger partial charge in [0, 0.05) is 37.3 Å². The largest absolute Gasteiger partial charge is 0.507 e. The summed E-state index contributed by atoms with van der Waals surface area (Å²) in [6.07, 6.45) is 1.83. The van der Waals surface area contributed by atoms with Gasteiger partial charge in [-0.15, -0.1) is 0 Å². The van der Waals surface area contributed by atoms with Crippen molar-refractivity contribution in [1.29, 1.82) is 0 Å². The minimum Gasteiger partial charge on any atom is -0.507 e. The molecule has 1 aliphatic carbocycles. The molecule has 0 unspecified atom stereocenters. The number of carbonyl (C=O) groups excluding carboxylic acids is 2. The van der Waals surface area contributed by atoms with Crippen LogP contribution in [0.5, 0.6) is 5.75 Å². The van der Waals surface area contributed by atoms with Crippen LogP contribution in [0, 0.1) is 23.7 Å². The van der Waals surface area contributed by atoms with E-state index >= 15 is 0 Å². The lowest BCUT2D eigenvalue weighted by molar-refractivity contribution is -0.275. The van der Waals surface area contributed by atoms with Gasteiger partial charge in [-0.2, -0.15) is 0 Å². The van der Waals surface area contributed by atoms with Crippen molar-refractivity contribution in [2.75, 3.05) is 20.3 Å². The first-order valence-corrected chi connectivity index (χ1v) is 12.9. The third-order valence-corrected chi connectivity index (χ3v) is 8.38. The topological polar surface area (TPSA) is 134 Å². The van der Waals surface area contributed by atoms with Crippen molar-refractivity contribution in [2.24, 2.45) is 23.7 Å². The molecule has 0 bridgehead atoms. The maximum Gasteiger partial charge on any atom is 0.303 e. The molecule has 1 saturated carbocycles. The third-order valence-electron chi connectivity index (χ3n) is 8.38. The van der Waals surface area contributed by atoms with Crippen molar-refractivity contribution in [3.8, 4) is 5.75 Å². The lowest BCUT2D eigenvalue weighted by atomic mass is 9.64. The van der Waals surface area contributed by atoms with Gasteiger partial charge in [0.15, 0.2) is 5.79 Å². The number of phenols is 1. The number of hydrogen-bond acceptors (Lipinski definition) is 7. The molecule has 3 aliphatic rings. The van der Waals surface area contributed by atoms with E-state index in [1.54, 1.807) is 12.1 Å². The first kappa shape index (κ1) is 25.6. The van der Waals surface area contributed by atoms with Gasteiger partial charge < -0.3 is 24.8 Å². The number of carboxylic acids is 1. The van der Waals surface area contributed by atoms with Crippen LogP contribution in [0.25, 0.3) is 10.8 Å². The number of aliphatic carboxylic acids is 1. The zero-order valence-electron chi connectivity index (χ0n) is 20.8. The van der Waals surface area contributed by atoms with E-state index in [2.05, 4.69) is 0 Å². The minimum absolute atomic E-state index is 0.0611. The van der Waals surface area contributed by atoms with Crippen molar-refractivity contribution < 1.29 is 39.2 Å². The van der Waals surface area contributed by atoms with Gasteiger partial charge in [-0.05, 0) is 42.7 Å². The highest BCUT2D eigenvalue weighted by molar-refractivity contribution is 6.05. The lowest BCUT2D eigenvalue weighted by Crippen LogP contribution is -2.54. The normalized spacial score (nSPS) is 31.1. The molecule has 3 fully saturated rings. The van der Waals surface area contributed by atoms with Crippen LogP contribution in [-0.4, -0.2) is 64.1 Å². The number of aliphatic hydroxyl groups is 1. The molecule has 0 aromatic heterocycles. The number of phenolic OH excluding ortho intramolecular Hbond substituents is 1. The zero-order valence-corrected chi connectivity index (χ0v) is 20.8. The van der Waals surface area contributed by atoms with Crippen LogP contribution < -0.4 is 0 Å². The SMILES string of the molecule is COC[C@H]1C[C@@H]2C(=O)N(CCCCCC(=O)O)C(=O)[C@@H]2[C@@H]2C[C@@H](c3ccc(O)c4ccccc34)O[C@]12O. The average Bonchev–Trinajstić information content (AvgIpc) is 3.34. The highest BCUT2D eigenvalue weighted by Gasteiger charge is 2.66. The molecule has 2 heterocycles. The van der Waals surface area contributed by atoms with E-state index < -0.39 is 41.5 Å². The van der Waals surface area contributed by atoms with Gasteiger partial charge in [-0.3, -0.25) is 19.3 Å². The van der Waals surface area contributed by atoms with Crippen molar-refractivity contribution >= 4 is 28.6 Å². The fraction of sp³-hybridized carbons (Fsp3) is 0.536. The Bertz CT molecular complexity index is 1210. The molecule has 5 rings (SSSR count). The van der Waals surface area contributed by atoms with E-state index in [1.807, 2.05) is 24.3 Å². The van der Waals surface area contributed by atoms with E-state index in [4.69, 9.17) is 14.6 Å². The predicted octanol–water partition coefficient (Wildman–Crippen LogP) is 3.22. The number of imide groups is 1. The molecule has 3 N–H and O–H groups in total. The molecule has 2 aromatic rings. The Hall–Kier alpha value is -3.01. The van der Waals surface area contributed by atoms with Crippen LogP contribution in [0.1, 0.15) is 50.2 Å². The van der Waals surface area contributed by atoms with Gasteiger partial charge in [0.1, 0.15) is 5.75 Å². The Morgan fingerprint density at radius 1 is 1.08 bits per heavy atom. The number of amides is 2. The van der Waals surface area contributed by atoms with Crippen LogP contribution in [0.3, 0.4) is 0 Å². The summed E-state index contributed by atoms with van der Waals surface area (Å²) in [5.74, 6) is -5.15. The molecule has 6 atom stereocenters. The van der Waals surface area contributed by atoms with E-state index in [0.717, 1.165) is 10.9 Å². The smallest absolute Gasteiger partial charge is 0.303 e. The number of carbonyl (C=O) groups is 3. The number of unbranched alkanes of at least 4 members (excludes halogenated alkanes) is 2. The van der Waals surface area contributed by atoms with Gasteiger partial charge in [-0.25, -0.2) is 0 Å². The Kier molecular flexibility index (Phi) is 6.95. The Morgan fingerprint density at radius 2 is 1.84 bits per heavy atom. The highest BCUT2D eigenvalue weighted by Crippen LogP contribution is 2.58. The number of methoxy groups -OCH3 is 1. The minimum atomic E-state index is -1.63. The Morgan fingerprint density at radius 3 is 2.57 bits per heavy atom. The molecular formula is C28H33NO8. The first-order chi connectivity index (χ1) is 17.8. The summed E-state index contributed by atoms with van der Waals surface area (Å²) in [6.45, 7) is 0.438. The molecule has 2 saturated heterocycles. The van der Waals surface area contributed by atoms with Gasteiger partial charge in [0.25, 0.3) is 0 Å². The highest BCUT2D eigenvalue weighted by atomic mass is 16.6. The summed E-state index contributed by atoms with van der Waals surface area (Å²) in [5, 5.41) is 32.6. The molecule has 37 heavy (non-hydrogen) atoms. The number of ether oxygens (including phenoxy) is 2. The molecule has 0 spiro atoms. The monoisotopic (exact) mass is 511 g/mol. The van der Waals surface area contributed by atoms with Crippen LogP contribution in [-0.2, 0) is 23.9 Å². The van der Waals surface area contributed by atoms with Crippen LogP contribution >= 0.6 is 0 Å². The van der Waals surface area contributed by atoms with Gasteiger partial charge in [0.05, 0.1) is 24.5 Å². The standard InChI is InChI=1S/C28H33NO8/c1-36-15-16-13-20-25(27(34)29(26(20)33)12-6-2-3-9-24(31)32)21-14-23(37-28(16,21)35)19-10-11-22(30)18-8-5-4-7-17(18)19/h4-5,7-8,10-11,16,20-21,23,25,30,35H,2-3,6,9,12-15H2,1H3,(H,31,32)/t16-,20+,21+,23+,25+,28-/m1/s1. The number of benzene rings is 2. The van der Waals surface area contributed by atoms with Crippen molar-refractivity contribution in [2.45, 2.75) is 50.4 Å². The van der Waals surface area contributed by atoms with E-state index in [9.17, 15) is 24.6 Å². The summed E-state index contributed by atoms with van der Waals surface area (Å²) in [5.41, 5.74) is 0.816. The van der Waals surface area contributed by atoms with Crippen LogP contribution in [0.2, 0.25) is 0 Å². The third kappa shape index (κ3) is 4.39. The zero-order chi connectivity index (χ0) is 26.3. The summed E-state index contributed by atoms with van der Waals surface area (Å²) in [7, 11) is 1.54. The molecule has 2 aliphatic heterocycles. The van der Waals surface area contributed by atoms with Crippen LogP contribution in [0.4, 0.5) is 0 Å². The first-order valence-electron chi connectivity index (χ1n) is 12.9. The second kappa shape index (κ2) is 10.0. The van der Waals surface area contributed by atoms with Crippen molar-refractivity contribution in [3.63, 3.8) is 0 Å². The number of carboxylic acid groups (broad SMARTS) is 1. The number of aromatic hydroxyl groups is 1. The summed E-state index contributed by atoms with van der Waals surface area (Å²) in [4.78, 5) is 39.0. The average molecular weight is 512 g/mol. The second-order valence-electron chi connectivity index (χ2n) is 10.5. The van der Waals surface area contributed by atoms with E-state index in [1.165, 1.54) is 12.0 Å². The maximum atomic E-state index is 13.6. The summed E-state index contributed by atoms with van der Waals surface area (Å²) in [6, 6.07) is 10.8. The Balaban J connectivity index is 1.42. The number of nitrogens with zero attached hydrogens (tertiary/aromatic N) is 1. The van der Waals surface area contributed by atoms with Gasteiger partial charge >= 0.3 is 5.97 Å². The van der Waals surface area contributed by atoms with Crippen molar-refractivity contribution in [3.05, 3.63) is 42.0 Å². The summed E-state index contributed by atoms with van der Waals surface area (Å²) >= 11 is 0. The lowest BCUT2D eigenvalue weighted by Gasteiger charge is -2.44. The predicted molar refractivity (Wildman–Crippen MR) is 132 cm³/mol. The second-order valence-corrected chi connectivity index (χ2v) is 10.5. The maximum absolute atomic E-state index is 13.6. The molecule has 9 nitrogen and oxygen atoms in total. The van der Waals surface area contributed by atoms with Crippen molar-refractivity contribution in [1.82, 2.24) is 4.90 Å². The molecule has 198 valence electrons. The fourth-order valence-corrected chi connectivity index (χ4v) is 6.67. The quantitative estimate of drug-likeness (QED) is 0.345. The van der Waals surface area contributed by atoms with E-state index in [0.29, 0.717) is 31.1 Å². The molecule has 0 radical (unpaired) electrons. The van der Waals surface area contributed by atoms with Gasteiger partial charge in [-0.1, -0.05) is 36.8 Å². The number of hydrogen-bond donors (Lipinski definition) is 3. The molecule has 9 heteroatoms.